The summed E-state index contributed by atoms with van der Waals surface area (Å²) in [5, 5.41) is 3.05. The molecule has 0 radical (unpaired) electrons. The van der Waals surface area contributed by atoms with Crippen LogP contribution >= 0.6 is 15.9 Å². The highest BCUT2D eigenvalue weighted by Crippen LogP contribution is 2.26. The number of piperazine rings is 1. The van der Waals surface area contributed by atoms with Crippen LogP contribution < -0.4 is 10.1 Å². The predicted molar refractivity (Wildman–Crippen MR) is 98.3 cm³/mol. The molecular weight excluding hydrogens is 408 g/mol. The van der Waals surface area contributed by atoms with Crippen molar-refractivity contribution < 1.29 is 18.3 Å². The van der Waals surface area contributed by atoms with E-state index in [2.05, 4.69) is 35.8 Å². The van der Waals surface area contributed by atoms with Crippen molar-refractivity contribution in [1.82, 2.24) is 15.1 Å². The van der Waals surface area contributed by atoms with Gasteiger partial charge in [-0.05, 0) is 38.0 Å². The lowest BCUT2D eigenvalue weighted by atomic mass is 10.1. The van der Waals surface area contributed by atoms with Crippen LogP contribution in [-0.2, 0) is 11.3 Å². The molecule has 1 aliphatic carbocycles. The van der Waals surface area contributed by atoms with Crippen molar-refractivity contribution in [2.45, 2.75) is 45.0 Å². The van der Waals surface area contributed by atoms with Gasteiger partial charge in [-0.2, -0.15) is 8.78 Å². The summed E-state index contributed by atoms with van der Waals surface area (Å²) in [6.07, 6.45) is 2.17. The van der Waals surface area contributed by atoms with E-state index in [1.807, 2.05) is 13.0 Å². The van der Waals surface area contributed by atoms with Crippen LogP contribution in [0.5, 0.6) is 5.75 Å². The third-order valence-corrected chi connectivity index (χ3v) is 5.38. The molecule has 0 aromatic heterocycles. The molecule has 2 aliphatic rings. The number of alkyl halides is 2. The third-order valence-electron chi connectivity index (χ3n) is 4.89. The van der Waals surface area contributed by atoms with Crippen LogP contribution in [0, 0.1) is 0 Å². The molecule has 3 rings (SSSR count). The first-order chi connectivity index (χ1) is 12.4. The standard InChI is InChI=1S/C18H24BrF2N3O2/c1-12(17(25)22-15-3-4-15)24-8-6-23(7-9-24)11-13-10-14(19)2-5-16(13)26-18(20)21/h2,5,10,12,15,18H,3-4,6-9,11H2,1H3,(H,22,25). The summed E-state index contributed by atoms with van der Waals surface area (Å²) in [5.74, 6) is 0.309. The molecule has 1 saturated carbocycles. The van der Waals surface area contributed by atoms with E-state index in [1.165, 1.54) is 0 Å². The number of rotatable bonds is 7. The van der Waals surface area contributed by atoms with E-state index in [0.29, 0.717) is 12.6 Å². The molecular formula is C18H24BrF2N3O2. The predicted octanol–water partition coefficient (Wildman–Crippen LogP) is 2.84. The van der Waals surface area contributed by atoms with Crippen molar-refractivity contribution in [1.29, 1.82) is 0 Å². The van der Waals surface area contributed by atoms with Crippen LogP contribution in [-0.4, -0.2) is 60.6 Å². The van der Waals surface area contributed by atoms with Gasteiger partial charge in [0.05, 0.1) is 6.04 Å². The first kappa shape index (κ1) is 19.5. The topological polar surface area (TPSA) is 44.8 Å². The van der Waals surface area contributed by atoms with Gasteiger partial charge in [0, 0.05) is 48.8 Å². The van der Waals surface area contributed by atoms with Gasteiger partial charge in [-0.1, -0.05) is 15.9 Å². The molecule has 144 valence electrons. The van der Waals surface area contributed by atoms with Crippen LogP contribution in [0.15, 0.2) is 22.7 Å². The van der Waals surface area contributed by atoms with E-state index in [-0.39, 0.29) is 17.7 Å². The molecule has 1 aromatic carbocycles. The van der Waals surface area contributed by atoms with Crippen molar-refractivity contribution in [3.63, 3.8) is 0 Å². The normalized spacial score (nSPS) is 20.2. The molecule has 0 bridgehead atoms. The highest BCUT2D eigenvalue weighted by Gasteiger charge is 2.30. The second kappa shape index (κ2) is 8.63. The van der Waals surface area contributed by atoms with Gasteiger partial charge in [0.15, 0.2) is 0 Å². The van der Waals surface area contributed by atoms with Crippen molar-refractivity contribution >= 4 is 21.8 Å². The van der Waals surface area contributed by atoms with Gasteiger partial charge in [-0.15, -0.1) is 0 Å². The van der Waals surface area contributed by atoms with E-state index < -0.39 is 6.61 Å². The maximum Gasteiger partial charge on any atom is 0.387 e. The third kappa shape index (κ3) is 5.37. The number of hydrogen-bond donors (Lipinski definition) is 1. The minimum atomic E-state index is -2.84. The van der Waals surface area contributed by atoms with Crippen molar-refractivity contribution in [3.8, 4) is 5.75 Å². The Balaban J connectivity index is 1.53. The fourth-order valence-electron chi connectivity index (χ4n) is 3.15. The van der Waals surface area contributed by atoms with Gasteiger partial charge < -0.3 is 10.1 Å². The Hall–Kier alpha value is -1.25. The molecule has 1 amide bonds. The highest BCUT2D eigenvalue weighted by molar-refractivity contribution is 9.10. The molecule has 1 aliphatic heterocycles. The maximum absolute atomic E-state index is 12.6. The average molecular weight is 432 g/mol. The molecule has 0 spiro atoms. The number of hydrogen-bond acceptors (Lipinski definition) is 4. The number of halogens is 3. The molecule has 2 fully saturated rings. The number of nitrogens with one attached hydrogen (secondary N) is 1. The first-order valence-corrected chi connectivity index (χ1v) is 9.71. The zero-order valence-electron chi connectivity index (χ0n) is 14.8. The Morgan fingerprint density at radius 3 is 2.62 bits per heavy atom. The number of carbonyl (C=O) groups is 1. The molecule has 1 heterocycles. The second-order valence-corrected chi connectivity index (χ2v) is 7.82. The van der Waals surface area contributed by atoms with Gasteiger partial charge in [-0.25, -0.2) is 0 Å². The molecule has 1 N–H and O–H groups in total. The summed E-state index contributed by atoms with van der Waals surface area (Å²) in [6.45, 7) is 2.76. The highest BCUT2D eigenvalue weighted by atomic mass is 79.9. The van der Waals surface area contributed by atoms with E-state index >= 15 is 0 Å². The first-order valence-electron chi connectivity index (χ1n) is 8.92. The lowest BCUT2D eigenvalue weighted by Crippen LogP contribution is -2.53. The van der Waals surface area contributed by atoms with Gasteiger partial charge in [0.25, 0.3) is 0 Å². The van der Waals surface area contributed by atoms with Gasteiger partial charge >= 0.3 is 6.61 Å². The maximum atomic E-state index is 12.6. The molecule has 1 atom stereocenters. The zero-order chi connectivity index (χ0) is 18.7. The molecule has 1 aromatic rings. The minimum Gasteiger partial charge on any atom is -0.434 e. The van der Waals surface area contributed by atoms with Crippen LogP contribution in [0.3, 0.4) is 0 Å². The Kier molecular flexibility index (Phi) is 6.47. The quantitative estimate of drug-likeness (QED) is 0.720. The largest absolute Gasteiger partial charge is 0.434 e. The Morgan fingerprint density at radius 1 is 1.31 bits per heavy atom. The summed E-state index contributed by atoms with van der Waals surface area (Å²) in [6, 6.07) is 5.30. The SMILES string of the molecule is CC(C(=O)NC1CC1)N1CCN(Cc2cc(Br)ccc2OC(F)F)CC1. The van der Waals surface area contributed by atoms with Crippen molar-refractivity contribution in [3.05, 3.63) is 28.2 Å². The Bertz CT molecular complexity index is 635. The minimum absolute atomic E-state index is 0.0977. The Labute approximate surface area is 160 Å². The number of carbonyl (C=O) groups excluding carboxylic acids is 1. The van der Waals surface area contributed by atoms with E-state index in [1.54, 1.807) is 12.1 Å². The van der Waals surface area contributed by atoms with Crippen molar-refractivity contribution in [2.24, 2.45) is 0 Å². The van der Waals surface area contributed by atoms with Crippen molar-refractivity contribution in [2.75, 3.05) is 26.2 Å². The van der Waals surface area contributed by atoms with E-state index in [9.17, 15) is 13.6 Å². The summed E-state index contributed by atoms with van der Waals surface area (Å²) in [5.41, 5.74) is 0.729. The van der Waals surface area contributed by atoms with E-state index in [4.69, 9.17) is 0 Å². The van der Waals surface area contributed by atoms with Gasteiger partial charge in [0.1, 0.15) is 5.75 Å². The van der Waals surface area contributed by atoms with Crippen LogP contribution in [0.4, 0.5) is 8.78 Å². The monoisotopic (exact) mass is 431 g/mol. The molecule has 1 saturated heterocycles. The zero-order valence-corrected chi connectivity index (χ0v) is 16.3. The fraction of sp³-hybridized carbons (Fsp3) is 0.611. The summed E-state index contributed by atoms with van der Waals surface area (Å²) >= 11 is 3.38. The lowest BCUT2D eigenvalue weighted by molar-refractivity contribution is -0.126. The summed E-state index contributed by atoms with van der Waals surface area (Å²) < 4.78 is 30.7. The Morgan fingerprint density at radius 2 is 2.00 bits per heavy atom. The van der Waals surface area contributed by atoms with Crippen LogP contribution in [0.1, 0.15) is 25.3 Å². The number of nitrogens with zero attached hydrogens (tertiary/aromatic N) is 2. The molecule has 5 nitrogen and oxygen atoms in total. The smallest absolute Gasteiger partial charge is 0.387 e. The lowest BCUT2D eigenvalue weighted by Gasteiger charge is -2.37. The van der Waals surface area contributed by atoms with E-state index in [0.717, 1.165) is 49.1 Å². The van der Waals surface area contributed by atoms with Gasteiger partial charge in [0.2, 0.25) is 5.91 Å². The van der Waals surface area contributed by atoms with Crippen LogP contribution in [0.25, 0.3) is 0 Å². The molecule has 8 heteroatoms. The fourth-order valence-corrected chi connectivity index (χ4v) is 3.56. The number of ether oxygens (including phenoxy) is 1. The van der Waals surface area contributed by atoms with Crippen LogP contribution in [0.2, 0.25) is 0 Å². The summed E-state index contributed by atoms with van der Waals surface area (Å²) in [7, 11) is 0. The molecule has 26 heavy (non-hydrogen) atoms. The molecule has 1 unspecified atom stereocenters. The second-order valence-electron chi connectivity index (χ2n) is 6.90. The summed E-state index contributed by atoms with van der Waals surface area (Å²) in [4.78, 5) is 16.6. The average Bonchev–Trinajstić information content (AvgIpc) is 3.41. The number of benzene rings is 1. The van der Waals surface area contributed by atoms with Gasteiger partial charge in [-0.3, -0.25) is 14.6 Å². The number of amides is 1.